The van der Waals surface area contributed by atoms with Gasteiger partial charge in [0.05, 0.1) is 17.7 Å². The normalized spacial score (nSPS) is 10.5. The van der Waals surface area contributed by atoms with Gasteiger partial charge in [-0.1, -0.05) is 51.9 Å². The number of ether oxygens (including phenoxy) is 3. The molecule has 2 aromatic rings. The molecule has 0 aliphatic carbocycles. The quantitative estimate of drug-likeness (QED) is 0.184. The number of carbonyl (C=O) groups is 3. The molecule has 0 saturated heterocycles. The molecule has 0 amide bonds. The molecular formula is C27H34O6. The van der Waals surface area contributed by atoms with Crippen LogP contribution in [-0.2, 0) is 9.53 Å². The average molecular weight is 455 g/mol. The molecule has 0 atom stereocenters. The third-order valence-electron chi connectivity index (χ3n) is 5.13. The Balaban J connectivity index is 1.72. The highest BCUT2D eigenvalue weighted by atomic mass is 16.5. The van der Waals surface area contributed by atoms with Gasteiger partial charge in [-0.25, -0.2) is 9.59 Å². The van der Waals surface area contributed by atoms with Gasteiger partial charge in [-0.3, -0.25) is 4.79 Å². The van der Waals surface area contributed by atoms with Gasteiger partial charge in [0.1, 0.15) is 11.5 Å². The fraction of sp³-hybridized carbons (Fsp3) is 0.444. The Morgan fingerprint density at radius 3 is 1.64 bits per heavy atom. The van der Waals surface area contributed by atoms with Gasteiger partial charge in [0.2, 0.25) is 0 Å². The smallest absolute Gasteiger partial charge is 0.343 e. The number of unbranched alkanes of at least 4 members (excludes halogenated alkanes) is 7. The summed E-state index contributed by atoms with van der Waals surface area (Å²) in [6.45, 7) is 4.23. The van der Waals surface area contributed by atoms with E-state index >= 15 is 0 Å². The van der Waals surface area contributed by atoms with E-state index in [1.54, 1.807) is 31.2 Å². The molecular weight excluding hydrogens is 420 g/mol. The maximum absolute atomic E-state index is 12.3. The monoisotopic (exact) mass is 454 g/mol. The number of esters is 3. The van der Waals surface area contributed by atoms with E-state index < -0.39 is 11.9 Å². The van der Waals surface area contributed by atoms with Gasteiger partial charge >= 0.3 is 17.9 Å². The topological polar surface area (TPSA) is 78.9 Å². The summed E-state index contributed by atoms with van der Waals surface area (Å²) < 4.78 is 15.6. The molecule has 178 valence electrons. The predicted molar refractivity (Wildman–Crippen MR) is 127 cm³/mol. The minimum Gasteiger partial charge on any atom is -0.462 e. The third kappa shape index (κ3) is 9.89. The van der Waals surface area contributed by atoms with Gasteiger partial charge in [-0.15, -0.1) is 0 Å². The lowest BCUT2D eigenvalue weighted by Crippen LogP contribution is -2.10. The molecule has 0 aromatic heterocycles. The van der Waals surface area contributed by atoms with E-state index in [9.17, 15) is 14.4 Å². The first-order valence-corrected chi connectivity index (χ1v) is 11.8. The van der Waals surface area contributed by atoms with Crippen LogP contribution in [0.4, 0.5) is 0 Å². The van der Waals surface area contributed by atoms with Crippen LogP contribution in [0.1, 0.15) is 92.4 Å². The molecule has 6 nitrogen and oxygen atoms in total. The Labute approximate surface area is 196 Å². The van der Waals surface area contributed by atoms with Crippen LogP contribution in [0.3, 0.4) is 0 Å². The molecule has 33 heavy (non-hydrogen) atoms. The van der Waals surface area contributed by atoms with Crippen LogP contribution in [0.25, 0.3) is 0 Å². The maximum atomic E-state index is 12.3. The Kier molecular flexibility index (Phi) is 11.7. The van der Waals surface area contributed by atoms with Crippen molar-refractivity contribution in [1.82, 2.24) is 0 Å². The molecule has 0 aliphatic rings. The Hall–Kier alpha value is -3.15. The molecule has 0 bridgehead atoms. The standard InChI is InChI=1S/C27H34O6/c1-3-5-6-7-8-9-10-11-12-25(28)32-23-17-15-22(16-18-23)27(30)33-24-19-13-21(14-20-24)26(29)31-4-2/h13-20H,3-12H2,1-2H3. The molecule has 0 radical (unpaired) electrons. The second-order valence-corrected chi connectivity index (χ2v) is 7.86. The van der Waals surface area contributed by atoms with E-state index in [4.69, 9.17) is 14.2 Å². The van der Waals surface area contributed by atoms with Crippen molar-refractivity contribution in [1.29, 1.82) is 0 Å². The Morgan fingerprint density at radius 1 is 0.606 bits per heavy atom. The summed E-state index contributed by atoms with van der Waals surface area (Å²) in [7, 11) is 0. The highest BCUT2D eigenvalue weighted by molar-refractivity contribution is 5.92. The van der Waals surface area contributed by atoms with Crippen LogP contribution < -0.4 is 9.47 Å². The molecule has 0 heterocycles. The zero-order valence-electron chi connectivity index (χ0n) is 19.6. The van der Waals surface area contributed by atoms with Crippen molar-refractivity contribution in [2.75, 3.05) is 6.61 Å². The summed E-state index contributed by atoms with van der Waals surface area (Å²) in [4.78, 5) is 36.0. The second-order valence-electron chi connectivity index (χ2n) is 7.86. The molecule has 0 N–H and O–H groups in total. The lowest BCUT2D eigenvalue weighted by molar-refractivity contribution is -0.134. The Bertz CT molecular complexity index is 870. The summed E-state index contributed by atoms with van der Waals surface area (Å²) in [5.74, 6) is -0.527. The molecule has 2 aromatic carbocycles. The van der Waals surface area contributed by atoms with Gasteiger partial charge in [0.25, 0.3) is 0 Å². The summed E-state index contributed by atoms with van der Waals surface area (Å²) in [6, 6.07) is 12.4. The number of benzene rings is 2. The molecule has 6 heteroatoms. The molecule has 0 fully saturated rings. The minimum atomic E-state index is -0.546. The van der Waals surface area contributed by atoms with Crippen LogP contribution in [0.2, 0.25) is 0 Å². The van der Waals surface area contributed by atoms with Crippen molar-refractivity contribution < 1.29 is 28.6 Å². The van der Waals surface area contributed by atoms with Gasteiger partial charge in [0.15, 0.2) is 0 Å². The molecule has 0 aliphatic heterocycles. The number of carbonyl (C=O) groups excluding carboxylic acids is 3. The van der Waals surface area contributed by atoms with E-state index in [1.165, 1.54) is 56.4 Å². The van der Waals surface area contributed by atoms with E-state index in [0.29, 0.717) is 35.7 Å². The first-order chi connectivity index (χ1) is 16.0. The fourth-order valence-corrected chi connectivity index (χ4v) is 3.28. The first-order valence-electron chi connectivity index (χ1n) is 11.8. The van der Waals surface area contributed by atoms with E-state index in [1.807, 2.05) is 0 Å². The molecule has 0 saturated carbocycles. The highest BCUT2D eigenvalue weighted by Crippen LogP contribution is 2.18. The van der Waals surface area contributed by atoms with Crippen LogP contribution in [0.15, 0.2) is 48.5 Å². The van der Waals surface area contributed by atoms with Crippen LogP contribution in [0, 0.1) is 0 Å². The third-order valence-corrected chi connectivity index (χ3v) is 5.13. The average Bonchev–Trinajstić information content (AvgIpc) is 2.82. The Morgan fingerprint density at radius 2 is 1.09 bits per heavy atom. The number of rotatable bonds is 14. The minimum absolute atomic E-state index is 0.266. The summed E-state index contributed by atoms with van der Waals surface area (Å²) in [5, 5.41) is 0. The van der Waals surface area contributed by atoms with E-state index in [2.05, 4.69) is 6.92 Å². The van der Waals surface area contributed by atoms with Gasteiger partial charge in [-0.05, 0) is 61.9 Å². The van der Waals surface area contributed by atoms with Gasteiger partial charge in [-0.2, -0.15) is 0 Å². The highest BCUT2D eigenvalue weighted by Gasteiger charge is 2.12. The van der Waals surface area contributed by atoms with Crippen molar-refractivity contribution in [2.24, 2.45) is 0 Å². The van der Waals surface area contributed by atoms with Crippen molar-refractivity contribution >= 4 is 17.9 Å². The summed E-state index contributed by atoms with van der Waals surface area (Å²) in [6.07, 6.45) is 9.74. The van der Waals surface area contributed by atoms with Crippen molar-refractivity contribution in [3.63, 3.8) is 0 Å². The fourth-order valence-electron chi connectivity index (χ4n) is 3.28. The van der Waals surface area contributed by atoms with Crippen molar-refractivity contribution in [3.8, 4) is 11.5 Å². The number of hydrogen-bond acceptors (Lipinski definition) is 6. The maximum Gasteiger partial charge on any atom is 0.343 e. The van der Waals surface area contributed by atoms with Crippen LogP contribution in [-0.4, -0.2) is 24.5 Å². The SMILES string of the molecule is CCCCCCCCCCC(=O)Oc1ccc(C(=O)Oc2ccc(C(=O)OCC)cc2)cc1. The van der Waals surface area contributed by atoms with E-state index in [-0.39, 0.29) is 5.97 Å². The van der Waals surface area contributed by atoms with E-state index in [0.717, 1.165) is 19.3 Å². The second kappa shape index (κ2) is 14.8. The lowest BCUT2D eigenvalue weighted by Gasteiger charge is -2.07. The molecule has 0 spiro atoms. The number of hydrogen-bond donors (Lipinski definition) is 0. The van der Waals surface area contributed by atoms with Crippen LogP contribution in [0.5, 0.6) is 11.5 Å². The van der Waals surface area contributed by atoms with Crippen molar-refractivity contribution in [2.45, 2.75) is 71.6 Å². The zero-order chi connectivity index (χ0) is 23.9. The molecule has 0 unspecified atom stereocenters. The van der Waals surface area contributed by atoms with Crippen LogP contribution >= 0.6 is 0 Å². The first kappa shape index (κ1) is 26.1. The predicted octanol–water partition coefficient (Wildman–Crippen LogP) is 6.52. The lowest BCUT2D eigenvalue weighted by atomic mass is 10.1. The summed E-state index contributed by atoms with van der Waals surface area (Å²) in [5.41, 5.74) is 0.710. The van der Waals surface area contributed by atoms with Crippen molar-refractivity contribution in [3.05, 3.63) is 59.7 Å². The molecule has 2 rings (SSSR count). The largest absolute Gasteiger partial charge is 0.462 e. The van der Waals surface area contributed by atoms with Gasteiger partial charge in [0, 0.05) is 6.42 Å². The summed E-state index contributed by atoms with van der Waals surface area (Å²) >= 11 is 0. The van der Waals surface area contributed by atoms with Gasteiger partial charge < -0.3 is 14.2 Å². The zero-order valence-corrected chi connectivity index (χ0v) is 19.6.